The molecule has 18 heavy (non-hydrogen) atoms. The van der Waals surface area contributed by atoms with Crippen molar-refractivity contribution in [2.75, 3.05) is 10.6 Å². The fourth-order valence-corrected chi connectivity index (χ4v) is 2.12. The van der Waals surface area contributed by atoms with Crippen LogP contribution in [0.5, 0.6) is 0 Å². The lowest BCUT2D eigenvalue weighted by Gasteiger charge is -2.14. The monoisotopic (exact) mass is 354 g/mol. The van der Waals surface area contributed by atoms with Crippen molar-refractivity contribution in [1.82, 2.24) is 0 Å². The van der Waals surface area contributed by atoms with Crippen LogP contribution in [0.1, 0.15) is 12.8 Å². The van der Waals surface area contributed by atoms with E-state index in [0.29, 0.717) is 17.4 Å². The second-order valence-corrected chi connectivity index (χ2v) is 5.70. The normalized spacial score (nSPS) is 14.7. The van der Waals surface area contributed by atoms with Crippen molar-refractivity contribution >= 4 is 39.7 Å². The summed E-state index contributed by atoms with van der Waals surface area (Å²) in [5.41, 5.74) is 0.821. The van der Waals surface area contributed by atoms with Gasteiger partial charge >= 0.3 is 0 Å². The number of nitrogens with one attached hydrogen (secondary N) is 2. The molecule has 2 N–H and O–H groups in total. The van der Waals surface area contributed by atoms with E-state index in [1.165, 1.54) is 0 Å². The van der Waals surface area contributed by atoms with Crippen molar-refractivity contribution in [2.24, 2.45) is 0 Å². The number of anilines is 3. The first kappa shape index (κ1) is 11.7. The Balaban J connectivity index is 1.83. The highest BCUT2D eigenvalue weighted by molar-refractivity contribution is 14.1. The average molecular weight is 354 g/mol. The van der Waals surface area contributed by atoms with E-state index >= 15 is 0 Å². The minimum Gasteiger partial charge on any atom is -0.377 e. The third kappa shape index (κ3) is 2.14. The number of hydrogen-bond acceptors (Lipinski definition) is 4. The maximum atomic E-state index is 11.5. The largest absolute Gasteiger partial charge is 0.377 e. The molecule has 0 unspecified atom stereocenters. The third-order valence-corrected chi connectivity index (χ3v) is 3.67. The molecule has 2 aromatic rings. The van der Waals surface area contributed by atoms with Crippen LogP contribution in [0, 0.1) is 3.57 Å². The lowest BCUT2D eigenvalue weighted by molar-refractivity contribution is 1.13. The average Bonchev–Trinajstić information content (AvgIpc) is 3.19. The quantitative estimate of drug-likeness (QED) is 0.653. The van der Waals surface area contributed by atoms with Gasteiger partial charge in [0.2, 0.25) is 0 Å². The minimum absolute atomic E-state index is 0.366. The van der Waals surface area contributed by atoms with Gasteiger partial charge in [-0.05, 0) is 59.7 Å². The van der Waals surface area contributed by atoms with Gasteiger partial charge in [0.05, 0.1) is 0 Å². The van der Waals surface area contributed by atoms with Crippen LogP contribution >= 0.6 is 22.6 Å². The van der Waals surface area contributed by atoms with Gasteiger partial charge in [0.1, 0.15) is 11.4 Å². The Kier molecular flexibility index (Phi) is 2.85. The highest BCUT2D eigenvalue weighted by Gasteiger charge is 2.28. The number of rotatable bonds is 4. The maximum absolute atomic E-state index is 11.5. The molecule has 1 saturated carbocycles. The molecule has 0 heterocycles. The second kappa shape index (κ2) is 4.38. The lowest BCUT2D eigenvalue weighted by atomic mass is 10.1. The summed E-state index contributed by atoms with van der Waals surface area (Å²) >= 11 is 2.22. The predicted molar refractivity (Wildman–Crippen MR) is 80.4 cm³/mol. The summed E-state index contributed by atoms with van der Waals surface area (Å²) in [6, 6.07) is 8.04. The highest BCUT2D eigenvalue weighted by atomic mass is 127. The van der Waals surface area contributed by atoms with Gasteiger partial charge in [0.25, 0.3) is 10.9 Å². The Morgan fingerprint density at radius 1 is 1.00 bits per heavy atom. The van der Waals surface area contributed by atoms with Crippen molar-refractivity contribution in [3.63, 3.8) is 0 Å². The summed E-state index contributed by atoms with van der Waals surface area (Å²) in [6.45, 7) is 0. The fourth-order valence-electron chi connectivity index (χ4n) is 1.76. The van der Waals surface area contributed by atoms with Crippen LogP contribution in [-0.2, 0) is 0 Å². The number of benzene rings is 1. The third-order valence-electron chi connectivity index (χ3n) is 2.95. The van der Waals surface area contributed by atoms with Gasteiger partial charge in [-0.3, -0.25) is 9.59 Å². The predicted octanol–water partition coefficient (Wildman–Crippen LogP) is 2.21. The molecular weight excluding hydrogens is 343 g/mol. The van der Waals surface area contributed by atoms with Gasteiger partial charge < -0.3 is 10.6 Å². The molecule has 0 saturated heterocycles. The zero-order valence-corrected chi connectivity index (χ0v) is 11.7. The SMILES string of the molecule is O=c1c(Nc2ccc(I)cc2)c(NC2CC2)c1=O. The van der Waals surface area contributed by atoms with Crippen LogP contribution in [-0.4, -0.2) is 6.04 Å². The molecule has 1 fully saturated rings. The first-order valence-corrected chi connectivity index (χ1v) is 6.85. The molecule has 1 aliphatic rings. The van der Waals surface area contributed by atoms with Gasteiger partial charge in [-0.2, -0.15) is 0 Å². The summed E-state index contributed by atoms with van der Waals surface area (Å²) in [7, 11) is 0. The lowest BCUT2D eigenvalue weighted by Crippen LogP contribution is -2.37. The molecule has 1 aliphatic carbocycles. The zero-order valence-electron chi connectivity index (χ0n) is 9.50. The molecular formula is C13H11IN2O2. The Hall–Kier alpha value is -1.37. The van der Waals surface area contributed by atoms with E-state index < -0.39 is 10.9 Å². The maximum Gasteiger partial charge on any atom is 0.253 e. The van der Waals surface area contributed by atoms with Crippen LogP contribution in [0.25, 0.3) is 0 Å². The van der Waals surface area contributed by atoms with Gasteiger partial charge in [0.15, 0.2) is 0 Å². The molecule has 0 bridgehead atoms. The standard InChI is InChI=1S/C13H11IN2O2/c14-7-1-3-8(4-2-7)15-10-11(13(18)12(10)17)16-9-5-6-9/h1-4,9,15-16H,5-6H2. The topological polar surface area (TPSA) is 58.2 Å². The van der Waals surface area contributed by atoms with Crippen LogP contribution < -0.4 is 21.5 Å². The Bertz CT molecular complexity index is 652. The van der Waals surface area contributed by atoms with Crippen molar-refractivity contribution in [3.8, 4) is 0 Å². The summed E-state index contributed by atoms with van der Waals surface area (Å²) in [6.07, 6.45) is 2.14. The van der Waals surface area contributed by atoms with Crippen molar-refractivity contribution in [3.05, 3.63) is 48.3 Å². The summed E-state index contributed by atoms with van der Waals surface area (Å²) in [5.74, 6) is 0. The fraction of sp³-hybridized carbons (Fsp3) is 0.231. The van der Waals surface area contributed by atoms with Gasteiger partial charge in [-0.1, -0.05) is 0 Å². The zero-order chi connectivity index (χ0) is 12.7. The molecule has 5 heteroatoms. The van der Waals surface area contributed by atoms with Crippen LogP contribution in [0.15, 0.2) is 33.9 Å². The van der Waals surface area contributed by atoms with Gasteiger partial charge in [-0.25, -0.2) is 0 Å². The van der Waals surface area contributed by atoms with E-state index in [2.05, 4.69) is 33.2 Å². The molecule has 0 spiro atoms. The summed E-state index contributed by atoms with van der Waals surface area (Å²) in [4.78, 5) is 23.0. The molecule has 0 aromatic heterocycles. The molecule has 0 aliphatic heterocycles. The van der Waals surface area contributed by atoms with Crippen LogP contribution in [0.4, 0.5) is 17.1 Å². The van der Waals surface area contributed by atoms with Crippen LogP contribution in [0.3, 0.4) is 0 Å². The van der Waals surface area contributed by atoms with Crippen LogP contribution in [0.2, 0.25) is 0 Å². The smallest absolute Gasteiger partial charge is 0.253 e. The Morgan fingerprint density at radius 3 is 2.22 bits per heavy atom. The molecule has 0 amide bonds. The van der Waals surface area contributed by atoms with E-state index in [4.69, 9.17) is 0 Å². The summed E-state index contributed by atoms with van der Waals surface area (Å²) < 4.78 is 1.12. The van der Waals surface area contributed by atoms with E-state index in [0.717, 1.165) is 22.1 Å². The van der Waals surface area contributed by atoms with E-state index in [9.17, 15) is 9.59 Å². The molecule has 92 valence electrons. The Morgan fingerprint density at radius 2 is 1.61 bits per heavy atom. The first-order valence-electron chi connectivity index (χ1n) is 5.77. The Labute approximate surface area is 117 Å². The van der Waals surface area contributed by atoms with Crippen molar-refractivity contribution in [2.45, 2.75) is 18.9 Å². The molecule has 4 nitrogen and oxygen atoms in total. The van der Waals surface area contributed by atoms with E-state index in [-0.39, 0.29) is 0 Å². The molecule has 2 aromatic carbocycles. The van der Waals surface area contributed by atoms with E-state index in [1.807, 2.05) is 24.3 Å². The first-order chi connectivity index (χ1) is 8.65. The highest BCUT2D eigenvalue weighted by Crippen LogP contribution is 2.28. The number of hydrogen-bond donors (Lipinski definition) is 2. The second-order valence-electron chi connectivity index (χ2n) is 4.46. The van der Waals surface area contributed by atoms with Gasteiger partial charge in [-0.15, -0.1) is 0 Å². The van der Waals surface area contributed by atoms with Crippen molar-refractivity contribution < 1.29 is 0 Å². The van der Waals surface area contributed by atoms with E-state index in [1.54, 1.807) is 0 Å². The molecule has 0 radical (unpaired) electrons. The number of halogens is 1. The van der Waals surface area contributed by atoms with Gasteiger partial charge in [0, 0.05) is 15.3 Å². The van der Waals surface area contributed by atoms with Crippen molar-refractivity contribution in [1.29, 1.82) is 0 Å². The molecule has 0 atom stereocenters. The summed E-state index contributed by atoms with van der Waals surface area (Å²) in [5, 5.41) is 6.11. The molecule has 3 rings (SSSR count). The minimum atomic E-state index is -0.434.